The fourth-order valence-corrected chi connectivity index (χ4v) is 2.85. The fraction of sp³-hybridized carbons (Fsp3) is 0.533. The van der Waals surface area contributed by atoms with E-state index < -0.39 is 0 Å². The lowest BCUT2D eigenvalue weighted by molar-refractivity contribution is -0.121. The van der Waals surface area contributed by atoms with Crippen molar-refractivity contribution in [3.05, 3.63) is 23.2 Å². The van der Waals surface area contributed by atoms with Gasteiger partial charge in [0.1, 0.15) is 0 Å². The zero-order valence-electron chi connectivity index (χ0n) is 12.0. The van der Waals surface area contributed by atoms with Crippen molar-refractivity contribution in [3.8, 4) is 0 Å². The second-order valence-electron chi connectivity index (χ2n) is 5.65. The van der Waals surface area contributed by atoms with E-state index in [-0.39, 0.29) is 11.9 Å². The van der Waals surface area contributed by atoms with Crippen LogP contribution in [-0.4, -0.2) is 29.9 Å². The van der Waals surface area contributed by atoms with Crippen molar-refractivity contribution in [2.45, 2.75) is 32.7 Å². The minimum Gasteiger partial charge on any atom is -0.399 e. The van der Waals surface area contributed by atoms with E-state index in [2.05, 4.69) is 17.1 Å². The third-order valence-electron chi connectivity index (χ3n) is 3.87. The van der Waals surface area contributed by atoms with Crippen molar-refractivity contribution < 1.29 is 4.79 Å². The summed E-state index contributed by atoms with van der Waals surface area (Å²) < 4.78 is 0. The van der Waals surface area contributed by atoms with Gasteiger partial charge in [0.2, 0.25) is 5.91 Å². The van der Waals surface area contributed by atoms with Gasteiger partial charge in [0.15, 0.2) is 0 Å². The minimum atomic E-state index is -0.147. The highest BCUT2D eigenvalue weighted by Crippen LogP contribution is 2.25. The molecule has 0 aliphatic carbocycles. The standard InChI is InChI=1S/C15H22ClN3O/c1-10-4-3-7-19(9-10)11(2)15(20)18-14-6-5-12(17)8-13(14)16/h5-6,8,10-11H,3-4,7,9,17H2,1-2H3,(H,18,20). The lowest BCUT2D eigenvalue weighted by atomic mass is 9.99. The number of nitrogens with two attached hydrogens (primary N) is 1. The number of piperidine rings is 1. The van der Waals surface area contributed by atoms with Crippen LogP contribution in [0.15, 0.2) is 18.2 Å². The molecule has 0 spiro atoms. The normalized spacial score (nSPS) is 21.4. The molecule has 3 N–H and O–H groups in total. The van der Waals surface area contributed by atoms with Gasteiger partial charge in [0.05, 0.1) is 16.8 Å². The van der Waals surface area contributed by atoms with Crippen LogP contribution in [0.4, 0.5) is 11.4 Å². The Labute approximate surface area is 125 Å². The molecular weight excluding hydrogens is 274 g/mol. The number of halogens is 1. The highest BCUT2D eigenvalue weighted by molar-refractivity contribution is 6.34. The Balaban J connectivity index is 2.00. The van der Waals surface area contributed by atoms with E-state index in [1.54, 1.807) is 18.2 Å². The van der Waals surface area contributed by atoms with Crippen LogP contribution in [0.3, 0.4) is 0 Å². The first kappa shape index (κ1) is 15.1. The Morgan fingerprint density at radius 3 is 2.95 bits per heavy atom. The van der Waals surface area contributed by atoms with Gasteiger partial charge in [-0.05, 0) is 50.4 Å². The zero-order chi connectivity index (χ0) is 14.7. The van der Waals surface area contributed by atoms with Gasteiger partial charge in [-0.3, -0.25) is 9.69 Å². The van der Waals surface area contributed by atoms with E-state index in [0.29, 0.717) is 22.3 Å². The molecule has 110 valence electrons. The molecule has 1 aromatic carbocycles. The second-order valence-corrected chi connectivity index (χ2v) is 6.05. The first-order valence-corrected chi connectivity index (χ1v) is 7.45. The van der Waals surface area contributed by atoms with Gasteiger partial charge in [-0.1, -0.05) is 18.5 Å². The van der Waals surface area contributed by atoms with Crippen LogP contribution in [0.25, 0.3) is 0 Å². The number of nitrogens with zero attached hydrogens (tertiary/aromatic N) is 1. The molecular formula is C15H22ClN3O. The summed E-state index contributed by atoms with van der Waals surface area (Å²) in [7, 11) is 0. The number of carbonyl (C=O) groups excluding carboxylic acids is 1. The van der Waals surface area contributed by atoms with E-state index >= 15 is 0 Å². The van der Waals surface area contributed by atoms with E-state index in [9.17, 15) is 4.79 Å². The third kappa shape index (κ3) is 3.64. The number of rotatable bonds is 3. The molecule has 1 saturated heterocycles. The van der Waals surface area contributed by atoms with Gasteiger partial charge in [-0.2, -0.15) is 0 Å². The molecule has 4 nitrogen and oxygen atoms in total. The summed E-state index contributed by atoms with van der Waals surface area (Å²) in [6, 6.07) is 4.97. The third-order valence-corrected chi connectivity index (χ3v) is 4.18. The number of hydrogen-bond acceptors (Lipinski definition) is 3. The van der Waals surface area contributed by atoms with Crippen LogP contribution in [0, 0.1) is 5.92 Å². The Morgan fingerprint density at radius 1 is 1.55 bits per heavy atom. The van der Waals surface area contributed by atoms with E-state index in [1.807, 2.05) is 6.92 Å². The zero-order valence-corrected chi connectivity index (χ0v) is 12.8. The number of nitrogens with one attached hydrogen (secondary N) is 1. The first-order chi connectivity index (χ1) is 9.47. The molecule has 0 bridgehead atoms. The molecule has 2 unspecified atom stereocenters. The quantitative estimate of drug-likeness (QED) is 0.843. The maximum Gasteiger partial charge on any atom is 0.241 e. The molecule has 1 aliphatic heterocycles. The molecule has 2 atom stereocenters. The lowest BCUT2D eigenvalue weighted by Crippen LogP contribution is -2.46. The van der Waals surface area contributed by atoms with Crippen molar-refractivity contribution in [2.24, 2.45) is 5.92 Å². The van der Waals surface area contributed by atoms with E-state index in [0.717, 1.165) is 19.5 Å². The number of anilines is 2. The number of hydrogen-bond donors (Lipinski definition) is 2. The van der Waals surface area contributed by atoms with E-state index in [1.165, 1.54) is 6.42 Å². The second kappa shape index (κ2) is 6.46. The Bertz CT molecular complexity index is 492. The number of carbonyl (C=O) groups is 1. The molecule has 0 saturated carbocycles. The predicted octanol–water partition coefficient (Wildman–Crippen LogP) is 2.98. The van der Waals surface area contributed by atoms with Gasteiger partial charge in [-0.25, -0.2) is 0 Å². The average molecular weight is 296 g/mol. The average Bonchev–Trinajstić information content (AvgIpc) is 2.41. The van der Waals surface area contributed by atoms with Crippen LogP contribution in [0.5, 0.6) is 0 Å². The number of benzene rings is 1. The van der Waals surface area contributed by atoms with Gasteiger partial charge in [0, 0.05) is 12.2 Å². The summed E-state index contributed by atoms with van der Waals surface area (Å²) in [6.45, 7) is 6.13. The van der Waals surface area contributed by atoms with Crippen LogP contribution < -0.4 is 11.1 Å². The van der Waals surface area contributed by atoms with Crippen molar-refractivity contribution in [1.29, 1.82) is 0 Å². The maximum atomic E-state index is 12.3. The largest absolute Gasteiger partial charge is 0.399 e. The Kier molecular flexibility index (Phi) is 4.89. The molecule has 1 amide bonds. The Hall–Kier alpha value is -1.26. The molecule has 0 radical (unpaired) electrons. The topological polar surface area (TPSA) is 58.4 Å². The van der Waals surface area contributed by atoms with Crippen LogP contribution in [0.2, 0.25) is 5.02 Å². The van der Waals surface area contributed by atoms with Crippen molar-refractivity contribution in [1.82, 2.24) is 4.90 Å². The predicted molar refractivity (Wildman–Crippen MR) is 83.9 cm³/mol. The molecule has 0 aromatic heterocycles. The highest BCUT2D eigenvalue weighted by atomic mass is 35.5. The van der Waals surface area contributed by atoms with Crippen molar-refractivity contribution in [2.75, 3.05) is 24.1 Å². The number of likely N-dealkylation sites (tertiary alicyclic amines) is 1. The van der Waals surface area contributed by atoms with Gasteiger partial charge >= 0.3 is 0 Å². The summed E-state index contributed by atoms with van der Waals surface area (Å²) in [5, 5.41) is 3.35. The molecule has 2 rings (SSSR count). The first-order valence-electron chi connectivity index (χ1n) is 7.07. The summed E-state index contributed by atoms with van der Waals surface area (Å²) in [6.07, 6.45) is 2.40. The fourth-order valence-electron chi connectivity index (χ4n) is 2.61. The SMILES string of the molecule is CC1CCCN(C(C)C(=O)Nc2ccc(N)cc2Cl)C1. The van der Waals surface area contributed by atoms with E-state index in [4.69, 9.17) is 17.3 Å². The molecule has 1 fully saturated rings. The van der Waals surface area contributed by atoms with Crippen LogP contribution >= 0.6 is 11.6 Å². The summed E-state index contributed by atoms with van der Waals surface area (Å²) >= 11 is 6.08. The van der Waals surface area contributed by atoms with Gasteiger partial charge in [0.25, 0.3) is 0 Å². The highest BCUT2D eigenvalue weighted by Gasteiger charge is 2.25. The van der Waals surface area contributed by atoms with Gasteiger partial charge in [-0.15, -0.1) is 0 Å². The number of amides is 1. The molecule has 1 aromatic rings. The Morgan fingerprint density at radius 2 is 2.30 bits per heavy atom. The molecule has 1 heterocycles. The van der Waals surface area contributed by atoms with Crippen LogP contribution in [-0.2, 0) is 4.79 Å². The molecule has 20 heavy (non-hydrogen) atoms. The monoisotopic (exact) mass is 295 g/mol. The van der Waals surface area contributed by atoms with Crippen molar-refractivity contribution >= 4 is 28.9 Å². The minimum absolute atomic E-state index is 0.0224. The number of nitrogen functional groups attached to an aromatic ring is 1. The summed E-state index contributed by atoms with van der Waals surface area (Å²) in [5.41, 5.74) is 6.85. The molecule has 1 aliphatic rings. The van der Waals surface area contributed by atoms with Crippen LogP contribution in [0.1, 0.15) is 26.7 Å². The summed E-state index contributed by atoms with van der Waals surface area (Å²) in [5.74, 6) is 0.630. The maximum absolute atomic E-state index is 12.3. The molecule has 5 heteroatoms. The van der Waals surface area contributed by atoms with Gasteiger partial charge < -0.3 is 11.1 Å². The lowest BCUT2D eigenvalue weighted by Gasteiger charge is -2.34. The smallest absolute Gasteiger partial charge is 0.241 e. The van der Waals surface area contributed by atoms with Crippen molar-refractivity contribution in [3.63, 3.8) is 0 Å². The summed E-state index contributed by atoms with van der Waals surface area (Å²) in [4.78, 5) is 14.5.